The van der Waals surface area contributed by atoms with E-state index in [2.05, 4.69) is 15.2 Å². The van der Waals surface area contributed by atoms with Crippen LogP contribution in [-0.2, 0) is 22.9 Å². The predicted octanol–water partition coefficient (Wildman–Crippen LogP) is 5.76. The van der Waals surface area contributed by atoms with Gasteiger partial charge in [-0.3, -0.25) is 5.10 Å². The van der Waals surface area contributed by atoms with Gasteiger partial charge in [0.1, 0.15) is 29.3 Å². The minimum Gasteiger partial charge on any atom is -0.457 e. The third-order valence-electron chi connectivity index (χ3n) is 5.30. The first kappa shape index (κ1) is 20.7. The monoisotopic (exact) mass is 437 g/mol. The molecule has 1 atom stereocenters. The summed E-state index contributed by atoms with van der Waals surface area (Å²) < 4.78 is 53.7. The van der Waals surface area contributed by atoms with E-state index in [1.807, 2.05) is 0 Å². The van der Waals surface area contributed by atoms with Gasteiger partial charge < -0.3 is 9.47 Å². The number of benzene rings is 2. The molecule has 1 fully saturated rings. The summed E-state index contributed by atoms with van der Waals surface area (Å²) in [6.07, 6.45) is -1.54. The van der Waals surface area contributed by atoms with Crippen LogP contribution >= 0.6 is 11.6 Å². The van der Waals surface area contributed by atoms with Crippen LogP contribution in [0.4, 0.5) is 13.2 Å². The number of aromatic amines is 1. The van der Waals surface area contributed by atoms with Crippen molar-refractivity contribution < 1.29 is 22.6 Å². The molecule has 1 saturated carbocycles. The van der Waals surface area contributed by atoms with Crippen molar-refractivity contribution in [1.29, 1.82) is 0 Å². The fraction of sp³-hybridized carbons (Fsp3) is 0.333. The molecule has 0 amide bonds. The molecule has 1 aliphatic rings. The van der Waals surface area contributed by atoms with E-state index in [1.54, 1.807) is 24.3 Å². The number of hydrogen-bond acceptors (Lipinski definition) is 4. The topological polar surface area (TPSA) is 60.0 Å². The fourth-order valence-corrected chi connectivity index (χ4v) is 3.88. The van der Waals surface area contributed by atoms with Gasteiger partial charge in [-0.15, -0.1) is 0 Å². The number of hydrogen-bond donors (Lipinski definition) is 1. The summed E-state index contributed by atoms with van der Waals surface area (Å²) in [5, 5.41) is 7.05. The van der Waals surface area contributed by atoms with Crippen molar-refractivity contribution in [3.8, 4) is 11.5 Å². The van der Waals surface area contributed by atoms with Crippen molar-refractivity contribution in [3.63, 3.8) is 0 Å². The van der Waals surface area contributed by atoms with Crippen molar-refractivity contribution in [2.24, 2.45) is 5.92 Å². The smallest absolute Gasteiger partial charge is 0.416 e. The van der Waals surface area contributed by atoms with Crippen LogP contribution in [0.2, 0.25) is 5.02 Å². The molecule has 0 spiro atoms. The number of halogens is 4. The van der Waals surface area contributed by atoms with Gasteiger partial charge in [0.05, 0.1) is 5.56 Å². The van der Waals surface area contributed by atoms with Gasteiger partial charge in [0.25, 0.3) is 0 Å². The van der Waals surface area contributed by atoms with Crippen molar-refractivity contribution >= 4 is 11.6 Å². The van der Waals surface area contributed by atoms with Crippen LogP contribution in [0.15, 0.2) is 48.8 Å². The highest BCUT2D eigenvalue weighted by atomic mass is 35.5. The SMILES string of the molecule is COC(Cc1ncn[nH]1)(c1ccc(Oc2ccc(Cl)cc2)cc1C(F)(F)F)C1CC1. The third kappa shape index (κ3) is 4.15. The Balaban J connectivity index is 1.76. The molecule has 2 aromatic carbocycles. The first-order chi connectivity index (χ1) is 14.3. The molecular weight excluding hydrogens is 419 g/mol. The van der Waals surface area contributed by atoms with Gasteiger partial charge in [0, 0.05) is 18.6 Å². The molecule has 0 bridgehead atoms. The first-order valence-corrected chi connectivity index (χ1v) is 9.74. The van der Waals surface area contributed by atoms with E-state index < -0.39 is 17.3 Å². The largest absolute Gasteiger partial charge is 0.457 e. The van der Waals surface area contributed by atoms with E-state index in [1.165, 1.54) is 25.6 Å². The third-order valence-corrected chi connectivity index (χ3v) is 5.55. The Morgan fingerprint density at radius 3 is 2.33 bits per heavy atom. The summed E-state index contributed by atoms with van der Waals surface area (Å²) in [5.74, 6) is 0.895. The van der Waals surface area contributed by atoms with Crippen molar-refractivity contribution in [1.82, 2.24) is 15.2 Å². The maximum absolute atomic E-state index is 14.1. The molecule has 9 heteroatoms. The summed E-state index contributed by atoms with van der Waals surface area (Å²) in [7, 11) is 1.44. The molecule has 30 heavy (non-hydrogen) atoms. The van der Waals surface area contributed by atoms with E-state index >= 15 is 0 Å². The summed E-state index contributed by atoms with van der Waals surface area (Å²) in [4.78, 5) is 4.09. The Hall–Kier alpha value is -2.58. The summed E-state index contributed by atoms with van der Waals surface area (Å²) in [5.41, 5.74) is -1.88. The van der Waals surface area contributed by atoms with E-state index in [4.69, 9.17) is 21.1 Å². The van der Waals surface area contributed by atoms with E-state index in [9.17, 15) is 13.2 Å². The Morgan fingerprint density at radius 1 is 1.07 bits per heavy atom. The minimum absolute atomic E-state index is 0.0447. The van der Waals surface area contributed by atoms with Gasteiger partial charge in [-0.2, -0.15) is 18.3 Å². The van der Waals surface area contributed by atoms with Crippen LogP contribution < -0.4 is 4.74 Å². The van der Waals surface area contributed by atoms with Gasteiger partial charge in [0.15, 0.2) is 0 Å². The second-order valence-electron chi connectivity index (χ2n) is 7.24. The molecule has 1 aromatic heterocycles. The van der Waals surface area contributed by atoms with E-state index in [0.29, 0.717) is 16.6 Å². The molecule has 1 unspecified atom stereocenters. The zero-order valence-electron chi connectivity index (χ0n) is 16.0. The quantitative estimate of drug-likeness (QED) is 0.510. The maximum atomic E-state index is 14.1. The van der Waals surface area contributed by atoms with Gasteiger partial charge in [-0.25, -0.2) is 4.98 Å². The lowest BCUT2D eigenvalue weighted by molar-refractivity contribution is -0.142. The van der Waals surface area contributed by atoms with Gasteiger partial charge in [-0.1, -0.05) is 17.7 Å². The van der Waals surface area contributed by atoms with Crippen molar-refractivity contribution in [3.05, 3.63) is 70.8 Å². The standard InChI is InChI=1S/C21H19ClF3N3O2/c1-29-20(13-2-3-13,11-19-26-12-27-28-19)17-9-8-16(10-18(17)21(23,24)25)30-15-6-4-14(22)5-7-15/h4-10,12-13H,2-3,11H2,1H3,(H,26,27,28). The number of alkyl halides is 3. The molecule has 1 heterocycles. The molecule has 0 radical (unpaired) electrons. The van der Waals surface area contributed by atoms with Gasteiger partial charge in [-0.05, 0) is 60.7 Å². The predicted molar refractivity (Wildman–Crippen MR) is 104 cm³/mol. The van der Waals surface area contributed by atoms with Crippen LogP contribution in [-0.4, -0.2) is 22.3 Å². The van der Waals surface area contributed by atoms with Crippen LogP contribution in [0.1, 0.15) is 29.8 Å². The van der Waals surface area contributed by atoms with Crippen LogP contribution in [0.25, 0.3) is 0 Å². The fourth-order valence-electron chi connectivity index (χ4n) is 3.75. The molecule has 0 saturated heterocycles. The molecule has 0 aliphatic heterocycles. The van der Waals surface area contributed by atoms with Crippen LogP contribution in [0.3, 0.4) is 0 Å². The lowest BCUT2D eigenvalue weighted by Crippen LogP contribution is -2.36. The van der Waals surface area contributed by atoms with Crippen molar-refractivity contribution in [2.45, 2.75) is 31.0 Å². The van der Waals surface area contributed by atoms with Crippen LogP contribution in [0.5, 0.6) is 11.5 Å². The Bertz CT molecular complexity index is 1010. The minimum atomic E-state index is -4.59. The number of rotatable bonds is 7. The zero-order chi connectivity index (χ0) is 21.4. The van der Waals surface area contributed by atoms with Gasteiger partial charge >= 0.3 is 6.18 Å². The second kappa shape index (κ2) is 7.92. The lowest BCUT2D eigenvalue weighted by Gasteiger charge is -2.35. The average Bonchev–Trinajstić information content (AvgIpc) is 3.45. The highest BCUT2D eigenvalue weighted by Gasteiger charge is 2.51. The lowest BCUT2D eigenvalue weighted by atomic mass is 9.82. The summed E-state index contributed by atoms with van der Waals surface area (Å²) in [6.45, 7) is 0. The van der Waals surface area contributed by atoms with E-state index in [-0.39, 0.29) is 23.7 Å². The maximum Gasteiger partial charge on any atom is 0.416 e. The normalized spacial score (nSPS) is 16.3. The highest BCUT2D eigenvalue weighted by molar-refractivity contribution is 6.30. The summed E-state index contributed by atoms with van der Waals surface area (Å²) in [6, 6.07) is 10.4. The Morgan fingerprint density at radius 2 is 1.77 bits per heavy atom. The molecule has 5 nitrogen and oxygen atoms in total. The molecule has 1 N–H and O–H groups in total. The Kier molecular flexibility index (Phi) is 5.46. The summed E-state index contributed by atoms with van der Waals surface area (Å²) >= 11 is 5.85. The average molecular weight is 438 g/mol. The number of aromatic nitrogens is 3. The Labute approximate surface area is 176 Å². The van der Waals surface area contributed by atoms with Crippen molar-refractivity contribution in [2.75, 3.05) is 7.11 Å². The number of nitrogens with one attached hydrogen (secondary N) is 1. The number of nitrogens with zero attached hydrogens (tertiary/aromatic N) is 2. The molecule has 158 valence electrons. The number of ether oxygens (including phenoxy) is 2. The zero-order valence-corrected chi connectivity index (χ0v) is 16.8. The molecule has 3 aromatic rings. The highest BCUT2D eigenvalue weighted by Crippen LogP contribution is 2.52. The number of methoxy groups -OCH3 is 1. The van der Waals surface area contributed by atoms with Gasteiger partial charge in [0.2, 0.25) is 0 Å². The second-order valence-corrected chi connectivity index (χ2v) is 7.67. The molecular formula is C21H19ClF3N3O2. The van der Waals surface area contributed by atoms with E-state index in [0.717, 1.165) is 18.9 Å². The molecule has 1 aliphatic carbocycles. The number of H-pyrrole nitrogens is 1. The molecule has 4 rings (SSSR count). The first-order valence-electron chi connectivity index (χ1n) is 9.36. The van der Waals surface area contributed by atoms with Crippen LogP contribution in [0, 0.1) is 5.92 Å².